The first-order valence-corrected chi connectivity index (χ1v) is 5.92. The maximum Gasteiger partial charge on any atom is 0.426 e. The molecule has 0 radical (unpaired) electrons. The van der Waals surface area contributed by atoms with Gasteiger partial charge in [-0.3, -0.25) is 0 Å². The Labute approximate surface area is 117 Å². The van der Waals surface area contributed by atoms with Gasteiger partial charge in [-0.15, -0.1) is 0 Å². The lowest BCUT2D eigenvalue weighted by molar-refractivity contribution is -0.219. The number of carbonyl (C=O) groups excluding carboxylic acids is 1. The number of alkyl halides is 6. The molecule has 10 heteroatoms. The zero-order valence-electron chi connectivity index (χ0n) is 9.22. The fourth-order valence-electron chi connectivity index (χ4n) is 1.09. The van der Waals surface area contributed by atoms with Gasteiger partial charge in [0.15, 0.2) is 0 Å². The third-order valence-electron chi connectivity index (χ3n) is 1.92. The van der Waals surface area contributed by atoms with Gasteiger partial charge >= 0.3 is 11.4 Å². The van der Waals surface area contributed by atoms with Crippen LogP contribution in [0.25, 0.3) is 0 Å². The van der Waals surface area contributed by atoms with E-state index in [1.165, 1.54) is 0 Å². The maximum atomic E-state index is 13.1. The summed E-state index contributed by atoms with van der Waals surface area (Å²) in [5.41, 5.74) is -0.0954. The van der Waals surface area contributed by atoms with E-state index in [1.807, 2.05) is 0 Å². The zero-order valence-corrected chi connectivity index (χ0v) is 10.8. The number of thioether (sulfide) groups is 1. The molecule has 0 N–H and O–H groups in total. The van der Waals surface area contributed by atoms with Crippen LogP contribution in [-0.4, -0.2) is 23.7 Å². The summed E-state index contributed by atoms with van der Waals surface area (Å²) < 4.78 is 74.7. The number of nitrogens with zero attached hydrogens (tertiary/aromatic N) is 1. The Kier molecular flexibility index (Phi) is 5.12. The fraction of sp³-hybridized carbons (Fsp3) is 0.300. The van der Waals surface area contributed by atoms with E-state index in [2.05, 4.69) is 4.99 Å². The first-order chi connectivity index (χ1) is 9.08. The molecular weight excluding hydrogens is 332 g/mol. The molecule has 1 aromatic rings. The van der Waals surface area contributed by atoms with Gasteiger partial charge in [0, 0.05) is 4.90 Å². The van der Waals surface area contributed by atoms with Crippen molar-refractivity contribution in [2.24, 2.45) is 4.99 Å². The van der Waals surface area contributed by atoms with Crippen molar-refractivity contribution in [3.05, 3.63) is 23.2 Å². The van der Waals surface area contributed by atoms with E-state index in [0.29, 0.717) is 0 Å². The molecule has 0 aliphatic rings. The Morgan fingerprint density at radius 1 is 1.25 bits per heavy atom. The number of aliphatic imine (C=N–C) groups is 1. The summed E-state index contributed by atoms with van der Waals surface area (Å²) in [5, 5.41) is -4.96. The van der Waals surface area contributed by atoms with Crippen LogP contribution in [0.5, 0.6) is 0 Å². The standard InChI is InChI=1S/C10H4ClF6NOS/c11-6-3-5(1-2-7(6)18-4-19)20-10(16,17)8(12)9(13,14)15/h1-3,8H. The molecule has 20 heavy (non-hydrogen) atoms. The highest BCUT2D eigenvalue weighted by molar-refractivity contribution is 8.00. The molecule has 1 unspecified atom stereocenters. The molecule has 0 saturated carbocycles. The number of rotatable bonds is 4. The maximum absolute atomic E-state index is 13.1. The summed E-state index contributed by atoms with van der Waals surface area (Å²) in [7, 11) is 0. The highest BCUT2D eigenvalue weighted by atomic mass is 35.5. The summed E-state index contributed by atoms with van der Waals surface area (Å²) in [6.45, 7) is 0. The van der Waals surface area contributed by atoms with Crippen LogP contribution in [0, 0.1) is 0 Å². The van der Waals surface area contributed by atoms with Crippen LogP contribution in [0.1, 0.15) is 0 Å². The average molecular weight is 336 g/mol. The molecular formula is C10H4ClF6NOS. The Bertz CT molecular complexity index is 543. The first-order valence-electron chi connectivity index (χ1n) is 4.73. The molecule has 0 aliphatic carbocycles. The van der Waals surface area contributed by atoms with Crippen LogP contribution < -0.4 is 0 Å². The molecule has 110 valence electrons. The van der Waals surface area contributed by atoms with Gasteiger partial charge in [0.2, 0.25) is 6.08 Å². The van der Waals surface area contributed by atoms with Crippen molar-refractivity contribution in [3.63, 3.8) is 0 Å². The number of hydrogen-bond acceptors (Lipinski definition) is 3. The Morgan fingerprint density at radius 3 is 2.30 bits per heavy atom. The van der Waals surface area contributed by atoms with Crippen molar-refractivity contribution in [1.82, 2.24) is 0 Å². The Balaban J connectivity index is 2.98. The van der Waals surface area contributed by atoms with Crippen molar-refractivity contribution < 1.29 is 31.1 Å². The van der Waals surface area contributed by atoms with E-state index in [9.17, 15) is 31.1 Å². The second-order valence-electron chi connectivity index (χ2n) is 3.38. The quantitative estimate of drug-likeness (QED) is 0.339. The van der Waals surface area contributed by atoms with Crippen molar-refractivity contribution in [3.8, 4) is 0 Å². The molecule has 2 nitrogen and oxygen atoms in total. The molecule has 0 aromatic heterocycles. The minimum atomic E-state index is -5.68. The van der Waals surface area contributed by atoms with E-state index in [0.717, 1.165) is 24.3 Å². The second kappa shape index (κ2) is 6.07. The number of benzene rings is 1. The van der Waals surface area contributed by atoms with Gasteiger partial charge in [0.05, 0.1) is 10.7 Å². The Hall–Kier alpha value is -1.18. The van der Waals surface area contributed by atoms with E-state index < -0.39 is 34.3 Å². The molecule has 0 saturated heterocycles. The van der Waals surface area contributed by atoms with Crippen LogP contribution in [-0.2, 0) is 4.79 Å². The average Bonchev–Trinajstić information content (AvgIpc) is 2.30. The summed E-state index contributed by atoms with van der Waals surface area (Å²) in [6.07, 6.45) is -8.83. The highest BCUT2D eigenvalue weighted by Crippen LogP contribution is 2.46. The normalized spacial score (nSPS) is 13.8. The summed E-state index contributed by atoms with van der Waals surface area (Å²) in [6, 6.07) is 2.80. The lowest BCUT2D eigenvalue weighted by Crippen LogP contribution is -2.39. The highest BCUT2D eigenvalue weighted by Gasteiger charge is 2.57. The van der Waals surface area contributed by atoms with Crippen LogP contribution in [0.2, 0.25) is 5.02 Å². The minimum Gasteiger partial charge on any atom is -0.230 e. The third kappa shape index (κ3) is 4.16. The molecule has 0 amide bonds. The first kappa shape index (κ1) is 16.9. The van der Waals surface area contributed by atoms with Gasteiger partial charge in [-0.1, -0.05) is 11.6 Å². The predicted molar refractivity (Wildman–Crippen MR) is 61.0 cm³/mol. The van der Waals surface area contributed by atoms with Gasteiger partial charge in [-0.25, -0.2) is 9.18 Å². The number of isocyanates is 1. The second-order valence-corrected chi connectivity index (χ2v) is 5.01. The van der Waals surface area contributed by atoms with Gasteiger partial charge in [-0.05, 0) is 30.0 Å². The molecule has 0 spiro atoms. The van der Waals surface area contributed by atoms with E-state index >= 15 is 0 Å². The number of hydrogen-bond donors (Lipinski definition) is 0. The molecule has 0 heterocycles. The molecule has 0 bridgehead atoms. The molecule has 0 aliphatic heterocycles. The molecule has 1 rings (SSSR count). The largest absolute Gasteiger partial charge is 0.426 e. The van der Waals surface area contributed by atoms with Crippen LogP contribution >= 0.6 is 23.4 Å². The third-order valence-corrected chi connectivity index (χ3v) is 3.19. The van der Waals surface area contributed by atoms with E-state index in [-0.39, 0.29) is 10.7 Å². The van der Waals surface area contributed by atoms with Gasteiger partial charge in [0.25, 0.3) is 6.17 Å². The van der Waals surface area contributed by atoms with Crippen molar-refractivity contribution in [2.75, 3.05) is 0 Å². The fourth-order valence-corrected chi connectivity index (χ4v) is 2.24. The monoisotopic (exact) mass is 335 g/mol. The SMILES string of the molecule is O=C=Nc1ccc(SC(F)(F)C(F)C(F)(F)F)cc1Cl. The van der Waals surface area contributed by atoms with Crippen LogP contribution in [0.15, 0.2) is 28.1 Å². The van der Waals surface area contributed by atoms with E-state index in [4.69, 9.17) is 11.6 Å². The molecule has 0 fully saturated rings. The smallest absolute Gasteiger partial charge is 0.230 e. The summed E-state index contributed by atoms with van der Waals surface area (Å²) in [4.78, 5) is 12.7. The van der Waals surface area contributed by atoms with E-state index in [1.54, 1.807) is 0 Å². The lowest BCUT2D eigenvalue weighted by Gasteiger charge is -2.21. The van der Waals surface area contributed by atoms with Gasteiger partial charge < -0.3 is 0 Å². The van der Waals surface area contributed by atoms with Crippen LogP contribution in [0.4, 0.5) is 32.0 Å². The Morgan fingerprint density at radius 2 is 1.85 bits per heavy atom. The van der Waals surface area contributed by atoms with Gasteiger partial charge in [0.1, 0.15) is 0 Å². The number of halogens is 7. The van der Waals surface area contributed by atoms with Crippen LogP contribution in [0.3, 0.4) is 0 Å². The molecule has 1 atom stereocenters. The van der Waals surface area contributed by atoms with Crippen molar-refractivity contribution in [1.29, 1.82) is 0 Å². The minimum absolute atomic E-state index is 0.0954. The lowest BCUT2D eigenvalue weighted by atomic mass is 10.3. The topological polar surface area (TPSA) is 29.4 Å². The summed E-state index contributed by atoms with van der Waals surface area (Å²) >= 11 is 4.93. The van der Waals surface area contributed by atoms with Crippen molar-refractivity contribution >= 4 is 35.1 Å². The van der Waals surface area contributed by atoms with Crippen molar-refractivity contribution in [2.45, 2.75) is 22.5 Å². The summed E-state index contributed by atoms with van der Waals surface area (Å²) in [5.74, 6) is 0. The zero-order chi connectivity index (χ0) is 15.6. The van der Waals surface area contributed by atoms with Gasteiger partial charge in [-0.2, -0.15) is 26.9 Å². The molecule has 1 aromatic carbocycles. The predicted octanol–water partition coefficient (Wildman–Crippen LogP) is 4.89.